The van der Waals surface area contributed by atoms with Crippen LogP contribution in [-0.4, -0.2) is 29.3 Å². The number of benzene rings is 1. The lowest BCUT2D eigenvalue weighted by atomic mass is 9.90. The molecule has 2 saturated heterocycles. The number of ether oxygens (including phenoxy) is 1. The van der Waals surface area contributed by atoms with Crippen molar-refractivity contribution >= 4 is 0 Å². The molecule has 2 unspecified atom stereocenters. The molecule has 3 heterocycles. The van der Waals surface area contributed by atoms with Crippen LogP contribution < -0.4 is 10.1 Å². The number of hydrogen-bond acceptors (Lipinski definition) is 5. The van der Waals surface area contributed by atoms with Gasteiger partial charge in [-0.2, -0.15) is 4.98 Å². The van der Waals surface area contributed by atoms with Gasteiger partial charge in [0.25, 0.3) is 0 Å². The van der Waals surface area contributed by atoms with Crippen LogP contribution in [-0.2, 0) is 12.8 Å². The van der Waals surface area contributed by atoms with Gasteiger partial charge < -0.3 is 14.6 Å². The van der Waals surface area contributed by atoms with Crippen LogP contribution in [0.3, 0.4) is 0 Å². The van der Waals surface area contributed by atoms with Crippen LogP contribution in [0, 0.1) is 5.92 Å². The third kappa shape index (κ3) is 3.39. The van der Waals surface area contributed by atoms with Crippen LogP contribution in [0.5, 0.6) is 5.75 Å². The molecular weight excluding hydrogens is 290 g/mol. The third-order valence-corrected chi connectivity index (χ3v) is 5.07. The Kier molecular flexibility index (Phi) is 4.04. The van der Waals surface area contributed by atoms with Gasteiger partial charge in [-0.15, -0.1) is 0 Å². The average molecular weight is 313 g/mol. The van der Waals surface area contributed by atoms with Crippen molar-refractivity contribution < 1.29 is 9.26 Å². The molecule has 2 bridgehead atoms. The van der Waals surface area contributed by atoms with Crippen LogP contribution in [0.1, 0.15) is 43.0 Å². The number of nitrogens with one attached hydrogen (secondary N) is 1. The fourth-order valence-electron chi connectivity index (χ4n) is 3.96. The molecule has 4 rings (SSSR count). The zero-order valence-electron chi connectivity index (χ0n) is 13.5. The Bertz CT molecular complexity index is 641. The number of nitrogens with zero attached hydrogens (tertiary/aromatic N) is 2. The Morgan fingerprint density at radius 2 is 1.91 bits per heavy atom. The number of hydrogen-bond donors (Lipinski definition) is 1. The van der Waals surface area contributed by atoms with Gasteiger partial charge in [-0.3, -0.25) is 0 Å². The van der Waals surface area contributed by atoms with Gasteiger partial charge in [0.15, 0.2) is 5.82 Å². The predicted molar refractivity (Wildman–Crippen MR) is 86.5 cm³/mol. The maximum Gasteiger partial charge on any atom is 0.226 e. The molecule has 1 aromatic heterocycles. The van der Waals surface area contributed by atoms with E-state index < -0.39 is 0 Å². The Hall–Kier alpha value is -1.88. The van der Waals surface area contributed by atoms with E-state index in [9.17, 15) is 0 Å². The van der Waals surface area contributed by atoms with Crippen molar-refractivity contribution in [2.75, 3.05) is 7.11 Å². The highest BCUT2D eigenvalue weighted by Crippen LogP contribution is 2.32. The summed E-state index contributed by atoms with van der Waals surface area (Å²) in [7, 11) is 1.67. The predicted octanol–water partition coefficient (Wildman–Crippen LogP) is 2.74. The maximum atomic E-state index is 5.47. The SMILES string of the molecule is COc1ccc(Cc2noc(CC3CC4CCC(C3)N4)n2)cc1. The van der Waals surface area contributed by atoms with Gasteiger partial charge in [-0.05, 0) is 49.3 Å². The number of piperidine rings is 1. The van der Waals surface area contributed by atoms with Crippen molar-refractivity contribution in [3.8, 4) is 5.75 Å². The molecule has 122 valence electrons. The lowest BCUT2D eigenvalue weighted by molar-refractivity contribution is 0.270. The molecular formula is C18H23N3O2. The molecule has 5 heteroatoms. The molecule has 0 amide bonds. The van der Waals surface area contributed by atoms with Crippen LogP contribution in [0.4, 0.5) is 0 Å². The van der Waals surface area contributed by atoms with Gasteiger partial charge in [-0.25, -0.2) is 0 Å². The summed E-state index contributed by atoms with van der Waals surface area (Å²) in [5.74, 6) is 3.10. The van der Waals surface area contributed by atoms with Crippen LogP contribution >= 0.6 is 0 Å². The van der Waals surface area contributed by atoms with E-state index in [1.165, 1.54) is 25.7 Å². The molecule has 0 saturated carbocycles. The zero-order valence-corrected chi connectivity index (χ0v) is 13.5. The molecule has 2 aromatic rings. The molecule has 1 aromatic carbocycles. The van der Waals surface area contributed by atoms with Crippen molar-refractivity contribution in [3.63, 3.8) is 0 Å². The molecule has 2 aliphatic rings. The summed E-state index contributed by atoms with van der Waals surface area (Å²) >= 11 is 0. The highest BCUT2D eigenvalue weighted by molar-refractivity contribution is 5.28. The first-order valence-corrected chi connectivity index (χ1v) is 8.49. The first-order chi connectivity index (χ1) is 11.3. The quantitative estimate of drug-likeness (QED) is 0.919. The van der Waals surface area contributed by atoms with Gasteiger partial charge in [0.2, 0.25) is 5.89 Å². The minimum atomic E-state index is 0.683. The number of fused-ring (bicyclic) bond motifs is 2. The molecule has 23 heavy (non-hydrogen) atoms. The normalized spacial score (nSPS) is 26.4. The monoisotopic (exact) mass is 313 g/mol. The summed E-state index contributed by atoms with van der Waals surface area (Å²) in [4.78, 5) is 4.58. The number of methoxy groups -OCH3 is 1. The van der Waals surface area contributed by atoms with Crippen LogP contribution in [0.15, 0.2) is 28.8 Å². The Labute approximate surface area is 136 Å². The van der Waals surface area contributed by atoms with E-state index in [4.69, 9.17) is 9.26 Å². The zero-order chi connectivity index (χ0) is 15.6. The lowest BCUT2D eigenvalue weighted by Crippen LogP contribution is -2.38. The molecule has 2 fully saturated rings. The van der Waals surface area contributed by atoms with E-state index in [-0.39, 0.29) is 0 Å². The van der Waals surface area contributed by atoms with Gasteiger partial charge in [0, 0.05) is 24.9 Å². The van der Waals surface area contributed by atoms with Crippen molar-refractivity contribution in [1.29, 1.82) is 0 Å². The Morgan fingerprint density at radius 3 is 2.61 bits per heavy atom. The fraction of sp³-hybridized carbons (Fsp3) is 0.556. The minimum Gasteiger partial charge on any atom is -0.497 e. The van der Waals surface area contributed by atoms with E-state index in [0.29, 0.717) is 24.4 Å². The molecule has 2 atom stereocenters. The molecule has 0 spiro atoms. The first kappa shape index (κ1) is 14.7. The van der Waals surface area contributed by atoms with Gasteiger partial charge in [0.05, 0.1) is 7.11 Å². The highest BCUT2D eigenvalue weighted by atomic mass is 16.5. The molecule has 5 nitrogen and oxygen atoms in total. The largest absolute Gasteiger partial charge is 0.497 e. The molecule has 0 radical (unpaired) electrons. The van der Waals surface area contributed by atoms with Gasteiger partial charge >= 0.3 is 0 Å². The van der Waals surface area contributed by atoms with Crippen molar-refractivity contribution in [2.24, 2.45) is 5.92 Å². The van der Waals surface area contributed by atoms with E-state index in [2.05, 4.69) is 15.5 Å². The fourth-order valence-corrected chi connectivity index (χ4v) is 3.96. The average Bonchev–Trinajstić information content (AvgIpc) is 3.14. The lowest BCUT2D eigenvalue weighted by Gasteiger charge is -2.28. The summed E-state index contributed by atoms with van der Waals surface area (Å²) < 4.78 is 10.6. The first-order valence-electron chi connectivity index (χ1n) is 8.49. The minimum absolute atomic E-state index is 0.683. The summed E-state index contributed by atoms with van der Waals surface area (Å²) in [6.45, 7) is 0. The number of rotatable bonds is 5. The van der Waals surface area contributed by atoms with Crippen LogP contribution in [0.25, 0.3) is 0 Å². The summed E-state index contributed by atoms with van der Waals surface area (Å²) in [6.07, 6.45) is 6.76. The van der Waals surface area contributed by atoms with E-state index in [1.807, 2.05) is 24.3 Å². The topological polar surface area (TPSA) is 60.2 Å². The second-order valence-electron chi connectivity index (χ2n) is 6.81. The number of aromatic nitrogens is 2. The summed E-state index contributed by atoms with van der Waals surface area (Å²) in [6, 6.07) is 9.42. The van der Waals surface area contributed by atoms with Crippen molar-refractivity contribution in [3.05, 3.63) is 41.5 Å². The molecule has 1 N–H and O–H groups in total. The summed E-state index contributed by atoms with van der Waals surface area (Å²) in [5.41, 5.74) is 1.16. The van der Waals surface area contributed by atoms with E-state index in [1.54, 1.807) is 7.11 Å². The third-order valence-electron chi connectivity index (χ3n) is 5.07. The van der Waals surface area contributed by atoms with E-state index in [0.717, 1.165) is 29.4 Å². The highest BCUT2D eigenvalue weighted by Gasteiger charge is 2.34. The Morgan fingerprint density at radius 1 is 1.17 bits per heavy atom. The smallest absolute Gasteiger partial charge is 0.226 e. The molecule has 2 aliphatic heterocycles. The standard InChI is InChI=1S/C18H23N3O2/c1-22-16-6-2-12(3-7-16)10-17-20-18(23-21-17)11-13-8-14-4-5-15(9-13)19-14/h2-3,6-7,13-15,19H,4-5,8-11H2,1H3. The maximum absolute atomic E-state index is 5.47. The van der Waals surface area contributed by atoms with Gasteiger partial charge in [-0.1, -0.05) is 17.3 Å². The second kappa shape index (κ2) is 6.32. The van der Waals surface area contributed by atoms with Crippen LogP contribution in [0.2, 0.25) is 0 Å². The van der Waals surface area contributed by atoms with E-state index >= 15 is 0 Å². The van der Waals surface area contributed by atoms with Crippen molar-refractivity contribution in [1.82, 2.24) is 15.5 Å². The second-order valence-corrected chi connectivity index (χ2v) is 6.81. The van der Waals surface area contributed by atoms with Gasteiger partial charge in [0.1, 0.15) is 5.75 Å². The molecule has 0 aliphatic carbocycles. The summed E-state index contributed by atoms with van der Waals surface area (Å²) in [5, 5.41) is 7.82. The van der Waals surface area contributed by atoms with Crippen molar-refractivity contribution in [2.45, 2.75) is 50.6 Å². The Balaban J connectivity index is 1.36.